The van der Waals surface area contributed by atoms with Crippen LogP contribution in [0.1, 0.15) is 34.6 Å². The van der Waals surface area contributed by atoms with Crippen LogP contribution in [0.5, 0.6) is 0 Å². The molecule has 1 amide bonds. The molecule has 1 atom stereocenters. The molecular weight excluding hydrogens is 318 g/mol. The zero-order chi connectivity index (χ0) is 17.8. The SMILES string of the molecule is CCc1cnccc1C(=O)N1CCO[C@H](c2ccnc(N(C)C)n2)C1. The molecule has 0 N–H and O–H groups in total. The zero-order valence-electron chi connectivity index (χ0n) is 14.8. The number of ether oxygens (including phenoxy) is 1. The molecule has 3 rings (SSSR count). The van der Waals surface area contributed by atoms with Gasteiger partial charge in [0, 0.05) is 44.8 Å². The summed E-state index contributed by atoms with van der Waals surface area (Å²) in [7, 11) is 3.79. The standard InChI is InChI=1S/C18H23N5O2/c1-4-13-11-19-7-5-14(13)17(24)23-9-10-25-16(12-23)15-6-8-20-18(21-15)22(2)3/h5-8,11,16H,4,9-10,12H2,1-3H3/t16-/m0/s1. The predicted molar refractivity (Wildman–Crippen MR) is 94.6 cm³/mol. The van der Waals surface area contributed by atoms with E-state index in [4.69, 9.17) is 4.74 Å². The molecule has 132 valence electrons. The highest BCUT2D eigenvalue weighted by molar-refractivity contribution is 5.95. The van der Waals surface area contributed by atoms with E-state index in [0.29, 0.717) is 25.6 Å². The van der Waals surface area contributed by atoms with E-state index < -0.39 is 0 Å². The van der Waals surface area contributed by atoms with Gasteiger partial charge in [-0.2, -0.15) is 0 Å². The van der Waals surface area contributed by atoms with Crippen LogP contribution in [0.25, 0.3) is 0 Å². The predicted octanol–water partition coefficient (Wildman–Crippen LogP) is 1.71. The van der Waals surface area contributed by atoms with E-state index in [2.05, 4.69) is 15.0 Å². The number of aryl methyl sites for hydroxylation is 1. The highest BCUT2D eigenvalue weighted by Gasteiger charge is 2.28. The van der Waals surface area contributed by atoms with Gasteiger partial charge >= 0.3 is 0 Å². The fourth-order valence-electron chi connectivity index (χ4n) is 2.86. The maximum atomic E-state index is 12.9. The van der Waals surface area contributed by atoms with Gasteiger partial charge in [-0.1, -0.05) is 6.92 Å². The molecule has 3 heterocycles. The van der Waals surface area contributed by atoms with Crippen LogP contribution in [-0.4, -0.2) is 59.6 Å². The third kappa shape index (κ3) is 3.76. The Balaban J connectivity index is 1.79. The van der Waals surface area contributed by atoms with Crippen LogP contribution in [0, 0.1) is 0 Å². The number of anilines is 1. The maximum Gasteiger partial charge on any atom is 0.254 e. The summed E-state index contributed by atoms with van der Waals surface area (Å²) in [5.74, 6) is 0.654. The fraction of sp³-hybridized carbons (Fsp3) is 0.444. The molecule has 2 aromatic rings. The topological polar surface area (TPSA) is 71.5 Å². The van der Waals surface area contributed by atoms with Crippen LogP contribution in [0.3, 0.4) is 0 Å². The van der Waals surface area contributed by atoms with Crippen LogP contribution in [0.2, 0.25) is 0 Å². The van der Waals surface area contributed by atoms with Crippen LogP contribution >= 0.6 is 0 Å². The highest BCUT2D eigenvalue weighted by Crippen LogP contribution is 2.23. The van der Waals surface area contributed by atoms with Gasteiger partial charge in [0.05, 0.1) is 18.8 Å². The number of pyridine rings is 1. The Bertz CT molecular complexity index is 750. The smallest absolute Gasteiger partial charge is 0.254 e. The second-order valence-electron chi connectivity index (χ2n) is 6.17. The third-order valence-electron chi connectivity index (χ3n) is 4.26. The quantitative estimate of drug-likeness (QED) is 0.843. The molecule has 2 aromatic heterocycles. The highest BCUT2D eigenvalue weighted by atomic mass is 16.5. The van der Waals surface area contributed by atoms with Crippen LogP contribution in [0.15, 0.2) is 30.7 Å². The van der Waals surface area contributed by atoms with Gasteiger partial charge in [0.2, 0.25) is 5.95 Å². The molecule has 0 saturated carbocycles. The lowest BCUT2D eigenvalue weighted by molar-refractivity contribution is -0.0247. The molecule has 1 aliphatic rings. The molecule has 1 aliphatic heterocycles. The summed E-state index contributed by atoms with van der Waals surface area (Å²) in [6.45, 7) is 3.57. The van der Waals surface area contributed by atoms with Gasteiger partial charge < -0.3 is 14.5 Å². The Kier molecular flexibility index (Phi) is 5.23. The van der Waals surface area contributed by atoms with Crippen molar-refractivity contribution in [2.75, 3.05) is 38.7 Å². The number of rotatable bonds is 4. The Labute approximate surface area is 147 Å². The summed E-state index contributed by atoms with van der Waals surface area (Å²) >= 11 is 0. The number of nitrogens with zero attached hydrogens (tertiary/aromatic N) is 5. The van der Waals surface area contributed by atoms with Crippen LogP contribution < -0.4 is 4.90 Å². The Morgan fingerprint density at radius 1 is 1.36 bits per heavy atom. The number of carbonyl (C=O) groups excluding carboxylic acids is 1. The molecule has 0 aliphatic carbocycles. The van der Waals surface area contributed by atoms with E-state index in [1.807, 2.05) is 36.9 Å². The van der Waals surface area contributed by atoms with Crippen molar-refractivity contribution >= 4 is 11.9 Å². The van der Waals surface area contributed by atoms with Gasteiger partial charge in [-0.25, -0.2) is 9.97 Å². The minimum atomic E-state index is -0.244. The second-order valence-corrected chi connectivity index (χ2v) is 6.17. The lowest BCUT2D eigenvalue weighted by Crippen LogP contribution is -2.42. The van der Waals surface area contributed by atoms with Crippen molar-refractivity contribution in [3.8, 4) is 0 Å². The van der Waals surface area contributed by atoms with E-state index in [-0.39, 0.29) is 12.0 Å². The Morgan fingerprint density at radius 2 is 2.20 bits per heavy atom. The van der Waals surface area contributed by atoms with Gasteiger partial charge in [-0.05, 0) is 24.1 Å². The summed E-state index contributed by atoms with van der Waals surface area (Å²) in [6, 6.07) is 3.63. The first-order valence-corrected chi connectivity index (χ1v) is 8.44. The minimum absolute atomic E-state index is 0.0226. The fourth-order valence-corrected chi connectivity index (χ4v) is 2.86. The summed E-state index contributed by atoms with van der Waals surface area (Å²) in [5.41, 5.74) is 2.48. The van der Waals surface area contributed by atoms with Crippen molar-refractivity contribution in [1.82, 2.24) is 19.9 Å². The molecule has 25 heavy (non-hydrogen) atoms. The number of aromatic nitrogens is 3. The third-order valence-corrected chi connectivity index (χ3v) is 4.26. The number of hydrogen-bond acceptors (Lipinski definition) is 6. The Hall–Kier alpha value is -2.54. The number of morpholine rings is 1. The van der Waals surface area contributed by atoms with Gasteiger partial charge in [-0.15, -0.1) is 0 Å². The van der Waals surface area contributed by atoms with Gasteiger partial charge in [0.15, 0.2) is 0 Å². The zero-order valence-corrected chi connectivity index (χ0v) is 14.8. The molecule has 1 saturated heterocycles. The van der Waals surface area contributed by atoms with Crippen molar-refractivity contribution in [1.29, 1.82) is 0 Å². The minimum Gasteiger partial charge on any atom is -0.368 e. The lowest BCUT2D eigenvalue weighted by atomic mass is 10.1. The summed E-state index contributed by atoms with van der Waals surface area (Å²) in [5, 5.41) is 0. The molecule has 0 unspecified atom stereocenters. The molecule has 0 bridgehead atoms. The summed E-state index contributed by atoms with van der Waals surface area (Å²) < 4.78 is 5.86. The summed E-state index contributed by atoms with van der Waals surface area (Å²) in [6.07, 6.45) is 5.68. The lowest BCUT2D eigenvalue weighted by Gasteiger charge is -2.33. The van der Waals surface area contributed by atoms with E-state index in [1.165, 1.54) is 0 Å². The summed E-state index contributed by atoms with van der Waals surface area (Å²) in [4.78, 5) is 29.5. The Morgan fingerprint density at radius 3 is 2.96 bits per heavy atom. The second kappa shape index (κ2) is 7.57. The number of carbonyl (C=O) groups is 1. The molecule has 7 nitrogen and oxygen atoms in total. The van der Waals surface area contributed by atoms with E-state index in [9.17, 15) is 4.79 Å². The average molecular weight is 341 g/mol. The van der Waals surface area contributed by atoms with E-state index in [0.717, 1.165) is 23.2 Å². The van der Waals surface area contributed by atoms with Crippen molar-refractivity contribution in [2.45, 2.75) is 19.4 Å². The largest absolute Gasteiger partial charge is 0.368 e. The van der Waals surface area contributed by atoms with E-state index >= 15 is 0 Å². The van der Waals surface area contributed by atoms with Gasteiger partial charge in [0.1, 0.15) is 6.10 Å². The van der Waals surface area contributed by atoms with Crippen molar-refractivity contribution in [3.05, 3.63) is 47.5 Å². The van der Waals surface area contributed by atoms with E-state index in [1.54, 1.807) is 24.7 Å². The maximum absolute atomic E-state index is 12.9. The first-order chi connectivity index (χ1) is 12.1. The monoisotopic (exact) mass is 341 g/mol. The van der Waals surface area contributed by atoms with Crippen molar-refractivity contribution in [2.24, 2.45) is 0 Å². The van der Waals surface area contributed by atoms with Crippen molar-refractivity contribution in [3.63, 3.8) is 0 Å². The van der Waals surface area contributed by atoms with Crippen LogP contribution in [0.4, 0.5) is 5.95 Å². The molecule has 0 radical (unpaired) electrons. The molecule has 1 fully saturated rings. The number of amides is 1. The number of hydrogen-bond donors (Lipinski definition) is 0. The first kappa shape index (κ1) is 17.3. The van der Waals surface area contributed by atoms with Gasteiger partial charge in [-0.3, -0.25) is 9.78 Å². The first-order valence-electron chi connectivity index (χ1n) is 8.44. The molecule has 7 heteroatoms. The molecular formula is C18H23N5O2. The molecule has 0 aromatic carbocycles. The molecule has 0 spiro atoms. The average Bonchev–Trinajstić information content (AvgIpc) is 2.67. The van der Waals surface area contributed by atoms with Crippen molar-refractivity contribution < 1.29 is 9.53 Å². The van der Waals surface area contributed by atoms with Crippen LogP contribution in [-0.2, 0) is 11.2 Å². The van der Waals surface area contributed by atoms with Gasteiger partial charge in [0.25, 0.3) is 5.91 Å². The normalized spacial score (nSPS) is 17.4.